The zero-order chi connectivity index (χ0) is 15.9. The third kappa shape index (κ3) is 5.56. The first kappa shape index (κ1) is 17.2. The smallest absolute Gasteiger partial charge is 0.433 e. The molecule has 9 heteroatoms. The van der Waals surface area contributed by atoms with E-state index in [9.17, 15) is 18.0 Å². The summed E-state index contributed by atoms with van der Waals surface area (Å²) in [7, 11) is 1.49. The van der Waals surface area contributed by atoms with Crippen LogP contribution in [-0.4, -0.2) is 49.6 Å². The number of aromatic carboxylic acids is 1. The van der Waals surface area contributed by atoms with Gasteiger partial charge in [-0.25, -0.2) is 9.78 Å². The van der Waals surface area contributed by atoms with Crippen molar-refractivity contribution in [2.45, 2.75) is 6.18 Å². The first-order valence-corrected chi connectivity index (χ1v) is 5.87. The molecule has 0 saturated carbocycles. The fourth-order valence-electron chi connectivity index (χ4n) is 1.31. The Labute approximate surface area is 118 Å². The van der Waals surface area contributed by atoms with Crippen molar-refractivity contribution in [3.63, 3.8) is 0 Å². The summed E-state index contributed by atoms with van der Waals surface area (Å²) in [6, 6.07) is 1.39. The van der Waals surface area contributed by atoms with Crippen LogP contribution in [0, 0.1) is 0 Å². The minimum Gasteiger partial charge on any atom is -0.477 e. The van der Waals surface area contributed by atoms with Gasteiger partial charge in [0.05, 0.1) is 19.8 Å². The van der Waals surface area contributed by atoms with Crippen molar-refractivity contribution in [3.05, 3.63) is 23.4 Å². The van der Waals surface area contributed by atoms with Crippen LogP contribution in [0.5, 0.6) is 5.88 Å². The molecule has 118 valence electrons. The van der Waals surface area contributed by atoms with Crippen molar-refractivity contribution in [2.75, 3.05) is 33.5 Å². The molecule has 0 aliphatic rings. The summed E-state index contributed by atoms with van der Waals surface area (Å²) in [6.07, 6.45) is -4.68. The number of carboxylic acid groups (broad SMARTS) is 1. The standard InChI is InChI=1S/C12H14F3NO5/c1-19-4-5-20-6-7-21-10-8(11(17)18)2-3-9(16-10)12(13,14)15/h2-3H,4-7H2,1H3,(H,17,18). The van der Waals surface area contributed by atoms with E-state index in [1.807, 2.05) is 0 Å². The monoisotopic (exact) mass is 309 g/mol. The summed E-state index contributed by atoms with van der Waals surface area (Å²) in [5.74, 6) is -2.01. The third-order valence-corrected chi connectivity index (χ3v) is 2.28. The summed E-state index contributed by atoms with van der Waals surface area (Å²) >= 11 is 0. The minimum absolute atomic E-state index is 0.0698. The predicted molar refractivity (Wildman–Crippen MR) is 64.4 cm³/mol. The molecule has 0 unspecified atom stereocenters. The number of alkyl halides is 3. The van der Waals surface area contributed by atoms with Crippen LogP contribution >= 0.6 is 0 Å². The van der Waals surface area contributed by atoms with Crippen LogP contribution in [0.2, 0.25) is 0 Å². The van der Waals surface area contributed by atoms with Gasteiger partial charge in [-0.3, -0.25) is 0 Å². The normalized spacial score (nSPS) is 11.4. The van der Waals surface area contributed by atoms with E-state index in [-0.39, 0.29) is 13.2 Å². The van der Waals surface area contributed by atoms with Crippen molar-refractivity contribution < 1.29 is 37.3 Å². The average Bonchev–Trinajstić information content (AvgIpc) is 2.41. The van der Waals surface area contributed by atoms with E-state index in [0.29, 0.717) is 19.3 Å². The zero-order valence-electron chi connectivity index (χ0n) is 11.1. The first-order valence-electron chi connectivity index (χ1n) is 5.87. The Balaban J connectivity index is 2.71. The fourth-order valence-corrected chi connectivity index (χ4v) is 1.31. The van der Waals surface area contributed by atoms with Crippen LogP contribution in [0.25, 0.3) is 0 Å². The Morgan fingerprint density at radius 1 is 1.24 bits per heavy atom. The lowest BCUT2D eigenvalue weighted by molar-refractivity contribution is -0.141. The topological polar surface area (TPSA) is 77.9 Å². The summed E-state index contributed by atoms with van der Waals surface area (Å²) in [6.45, 7) is 0.600. The molecule has 21 heavy (non-hydrogen) atoms. The Morgan fingerprint density at radius 2 is 1.90 bits per heavy atom. The van der Waals surface area contributed by atoms with Crippen LogP contribution < -0.4 is 4.74 Å². The number of carbonyl (C=O) groups is 1. The number of nitrogens with zero attached hydrogens (tertiary/aromatic N) is 1. The second kappa shape index (κ2) is 7.79. The van der Waals surface area contributed by atoms with Gasteiger partial charge in [0.15, 0.2) is 0 Å². The van der Waals surface area contributed by atoms with Crippen LogP contribution in [0.4, 0.5) is 13.2 Å². The van der Waals surface area contributed by atoms with Crippen molar-refractivity contribution in [1.29, 1.82) is 0 Å². The van der Waals surface area contributed by atoms with Gasteiger partial charge in [0.2, 0.25) is 5.88 Å². The van der Waals surface area contributed by atoms with E-state index in [0.717, 1.165) is 6.07 Å². The Hall–Kier alpha value is -1.87. The molecular formula is C12H14F3NO5. The van der Waals surface area contributed by atoms with Crippen LogP contribution in [0.3, 0.4) is 0 Å². The van der Waals surface area contributed by atoms with Crippen molar-refractivity contribution >= 4 is 5.97 Å². The maximum absolute atomic E-state index is 12.5. The van der Waals surface area contributed by atoms with E-state index >= 15 is 0 Å². The van der Waals surface area contributed by atoms with E-state index in [1.165, 1.54) is 7.11 Å². The van der Waals surface area contributed by atoms with E-state index in [2.05, 4.69) is 4.98 Å². The van der Waals surface area contributed by atoms with Crippen molar-refractivity contribution in [3.8, 4) is 5.88 Å². The minimum atomic E-state index is -4.68. The number of methoxy groups -OCH3 is 1. The molecule has 1 aromatic rings. The molecule has 1 rings (SSSR count). The van der Waals surface area contributed by atoms with Gasteiger partial charge in [-0.1, -0.05) is 0 Å². The Kier molecular flexibility index (Phi) is 6.38. The number of rotatable bonds is 8. The van der Waals surface area contributed by atoms with Gasteiger partial charge in [-0.2, -0.15) is 13.2 Å². The van der Waals surface area contributed by atoms with Gasteiger partial charge >= 0.3 is 12.1 Å². The van der Waals surface area contributed by atoms with Gasteiger partial charge in [0.1, 0.15) is 17.9 Å². The van der Waals surface area contributed by atoms with E-state index in [1.54, 1.807) is 0 Å². The molecule has 1 aromatic heterocycles. The largest absolute Gasteiger partial charge is 0.477 e. The lowest BCUT2D eigenvalue weighted by Gasteiger charge is -2.11. The molecule has 0 spiro atoms. The zero-order valence-corrected chi connectivity index (χ0v) is 11.1. The van der Waals surface area contributed by atoms with Gasteiger partial charge in [-0.15, -0.1) is 0 Å². The summed E-state index contributed by atoms with van der Waals surface area (Å²) in [4.78, 5) is 14.1. The van der Waals surface area contributed by atoms with E-state index in [4.69, 9.17) is 19.3 Å². The summed E-state index contributed by atoms with van der Waals surface area (Å²) in [5, 5.41) is 8.88. The van der Waals surface area contributed by atoms with Crippen LogP contribution in [0.1, 0.15) is 16.1 Å². The molecule has 0 bridgehead atoms. The average molecular weight is 309 g/mol. The van der Waals surface area contributed by atoms with Gasteiger partial charge in [-0.05, 0) is 12.1 Å². The molecule has 0 aromatic carbocycles. The highest BCUT2D eigenvalue weighted by Gasteiger charge is 2.33. The number of pyridine rings is 1. The molecule has 1 N–H and O–H groups in total. The Morgan fingerprint density at radius 3 is 2.48 bits per heavy atom. The summed E-state index contributed by atoms with van der Waals surface area (Å²) < 4.78 is 52.3. The SMILES string of the molecule is COCCOCCOc1nc(C(F)(F)F)ccc1C(=O)O. The van der Waals surface area contributed by atoms with Crippen molar-refractivity contribution in [2.24, 2.45) is 0 Å². The second-order valence-electron chi connectivity index (χ2n) is 3.81. The summed E-state index contributed by atoms with van der Waals surface area (Å²) in [5.41, 5.74) is -1.66. The number of hydrogen-bond acceptors (Lipinski definition) is 5. The maximum Gasteiger partial charge on any atom is 0.433 e. The number of hydrogen-bond donors (Lipinski definition) is 1. The fraction of sp³-hybridized carbons (Fsp3) is 0.500. The lowest BCUT2D eigenvalue weighted by Crippen LogP contribution is -2.15. The molecule has 0 saturated heterocycles. The van der Waals surface area contributed by atoms with Gasteiger partial charge < -0.3 is 19.3 Å². The van der Waals surface area contributed by atoms with E-state index < -0.39 is 29.3 Å². The van der Waals surface area contributed by atoms with Gasteiger partial charge in [0.25, 0.3) is 0 Å². The lowest BCUT2D eigenvalue weighted by atomic mass is 10.2. The molecule has 0 aliphatic carbocycles. The number of halogens is 3. The number of ether oxygens (including phenoxy) is 3. The molecule has 0 fully saturated rings. The quantitative estimate of drug-likeness (QED) is 0.738. The molecule has 0 aliphatic heterocycles. The maximum atomic E-state index is 12.5. The molecule has 0 atom stereocenters. The molecule has 1 heterocycles. The van der Waals surface area contributed by atoms with Crippen molar-refractivity contribution in [1.82, 2.24) is 4.98 Å². The highest BCUT2D eigenvalue weighted by atomic mass is 19.4. The highest BCUT2D eigenvalue weighted by molar-refractivity contribution is 5.90. The number of aromatic nitrogens is 1. The number of carboxylic acids is 1. The molecular weight excluding hydrogens is 295 g/mol. The Bertz CT molecular complexity index is 478. The molecule has 0 amide bonds. The predicted octanol–water partition coefficient (Wildman–Crippen LogP) is 1.84. The van der Waals surface area contributed by atoms with Crippen LogP contribution in [0.15, 0.2) is 12.1 Å². The van der Waals surface area contributed by atoms with Gasteiger partial charge in [0, 0.05) is 7.11 Å². The second-order valence-corrected chi connectivity index (χ2v) is 3.81. The molecule has 0 radical (unpaired) electrons. The highest BCUT2D eigenvalue weighted by Crippen LogP contribution is 2.30. The molecule has 6 nitrogen and oxygen atoms in total. The van der Waals surface area contributed by atoms with Crippen LogP contribution in [-0.2, 0) is 15.7 Å². The third-order valence-electron chi connectivity index (χ3n) is 2.28. The first-order chi connectivity index (χ1) is 9.86.